The fourth-order valence-electron chi connectivity index (χ4n) is 2.97. The van der Waals surface area contributed by atoms with E-state index in [1.165, 1.54) is 6.42 Å². The number of aromatic nitrogens is 3. The van der Waals surface area contributed by atoms with E-state index in [9.17, 15) is 0 Å². The van der Waals surface area contributed by atoms with E-state index in [-0.39, 0.29) is 0 Å². The highest BCUT2D eigenvalue weighted by Gasteiger charge is 2.30. The van der Waals surface area contributed by atoms with Crippen LogP contribution in [0.2, 0.25) is 0 Å². The van der Waals surface area contributed by atoms with Gasteiger partial charge in [-0.1, -0.05) is 32.0 Å². The van der Waals surface area contributed by atoms with Gasteiger partial charge in [-0.2, -0.15) is 0 Å². The average molecular weight is 312 g/mol. The van der Waals surface area contributed by atoms with Gasteiger partial charge in [0.05, 0.1) is 6.54 Å². The number of nitrogens with one attached hydrogen (secondary N) is 1. The van der Waals surface area contributed by atoms with Crippen LogP contribution in [0.15, 0.2) is 41.7 Å². The SMILES string of the molecule is CN=C(NCc1nncn1-c1ccccc1)N1CCC(C)(C)C1. The van der Waals surface area contributed by atoms with Gasteiger partial charge in [0.1, 0.15) is 6.33 Å². The number of para-hydroxylation sites is 1. The summed E-state index contributed by atoms with van der Waals surface area (Å²) in [5.41, 5.74) is 1.41. The first kappa shape index (κ1) is 15.5. The van der Waals surface area contributed by atoms with Crippen LogP contribution in [0, 0.1) is 5.41 Å². The Morgan fingerprint density at radius 1 is 1.30 bits per heavy atom. The molecule has 2 aromatic rings. The van der Waals surface area contributed by atoms with Crippen molar-refractivity contribution in [1.82, 2.24) is 25.0 Å². The molecule has 0 atom stereocenters. The molecule has 122 valence electrons. The number of guanidine groups is 1. The highest BCUT2D eigenvalue weighted by molar-refractivity contribution is 5.80. The molecular weight excluding hydrogens is 288 g/mol. The first-order valence-corrected chi connectivity index (χ1v) is 7.99. The van der Waals surface area contributed by atoms with Crippen LogP contribution in [-0.2, 0) is 6.54 Å². The molecule has 6 nitrogen and oxygen atoms in total. The van der Waals surface area contributed by atoms with Crippen molar-refractivity contribution in [3.05, 3.63) is 42.5 Å². The van der Waals surface area contributed by atoms with Crippen molar-refractivity contribution in [3.63, 3.8) is 0 Å². The maximum atomic E-state index is 4.41. The number of hydrogen-bond donors (Lipinski definition) is 1. The molecular formula is C17H24N6. The zero-order valence-electron chi connectivity index (χ0n) is 14.0. The average Bonchev–Trinajstić information content (AvgIpc) is 3.15. The van der Waals surface area contributed by atoms with Crippen molar-refractivity contribution in [2.24, 2.45) is 10.4 Å². The Labute approximate surface area is 137 Å². The van der Waals surface area contributed by atoms with Crippen molar-refractivity contribution < 1.29 is 0 Å². The zero-order chi connectivity index (χ0) is 16.3. The quantitative estimate of drug-likeness (QED) is 0.696. The summed E-state index contributed by atoms with van der Waals surface area (Å²) in [7, 11) is 1.83. The number of likely N-dealkylation sites (tertiary alicyclic amines) is 1. The van der Waals surface area contributed by atoms with Gasteiger partial charge in [0.15, 0.2) is 11.8 Å². The van der Waals surface area contributed by atoms with Crippen molar-refractivity contribution in [3.8, 4) is 5.69 Å². The van der Waals surface area contributed by atoms with E-state index in [2.05, 4.69) is 39.3 Å². The fourth-order valence-corrected chi connectivity index (χ4v) is 2.97. The molecule has 0 bridgehead atoms. The Morgan fingerprint density at radius 3 is 2.74 bits per heavy atom. The van der Waals surface area contributed by atoms with E-state index in [1.54, 1.807) is 6.33 Å². The second-order valence-corrected chi connectivity index (χ2v) is 6.69. The topological polar surface area (TPSA) is 58.3 Å². The lowest BCUT2D eigenvalue weighted by atomic mass is 9.93. The summed E-state index contributed by atoms with van der Waals surface area (Å²) in [4.78, 5) is 6.72. The van der Waals surface area contributed by atoms with Crippen LogP contribution >= 0.6 is 0 Å². The van der Waals surface area contributed by atoms with Crippen molar-refractivity contribution in [2.75, 3.05) is 20.1 Å². The molecule has 0 radical (unpaired) electrons. The molecule has 3 rings (SSSR count). The van der Waals surface area contributed by atoms with Crippen LogP contribution in [0.5, 0.6) is 0 Å². The van der Waals surface area contributed by atoms with Gasteiger partial charge in [-0.05, 0) is 24.0 Å². The minimum absolute atomic E-state index is 0.349. The molecule has 1 aliphatic heterocycles. The summed E-state index contributed by atoms with van der Waals surface area (Å²) in [6, 6.07) is 10.1. The van der Waals surface area contributed by atoms with E-state index in [0.717, 1.165) is 30.6 Å². The van der Waals surface area contributed by atoms with Crippen molar-refractivity contribution in [1.29, 1.82) is 0 Å². The van der Waals surface area contributed by atoms with E-state index >= 15 is 0 Å². The second-order valence-electron chi connectivity index (χ2n) is 6.69. The molecule has 1 N–H and O–H groups in total. The molecule has 1 aromatic heterocycles. The summed E-state index contributed by atoms with van der Waals surface area (Å²) in [6.45, 7) is 7.26. The van der Waals surface area contributed by atoms with Crippen LogP contribution < -0.4 is 5.32 Å². The second kappa shape index (κ2) is 6.40. The van der Waals surface area contributed by atoms with E-state index in [4.69, 9.17) is 0 Å². The molecule has 0 unspecified atom stereocenters. The van der Waals surface area contributed by atoms with Gasteiger partial charge in [0.2, 0.25) is 0 Å². The monoisotopic (exact) mass is 312 g/mol. The minimum Gasteiger partial charge on any atom is -0.349 e. The van der Waals surface area contributed by atoms with Crippen LogP contribution in [0.1, 0.15) is 26.1 Å². The summed E-state index contributed by atoms with van der Waals surface area (Å²) >= 11 is 0. The predicted octanol–water partition coefficient (Wildman–Crippen LogP) is 2.07. The van der Waals surface area contributed by atoms with E-state index < -0.39 is 0 Å². The number of nitrogens with zero attached hydrogens (tertiary/aromatic N) is 5. The summed E-state index contributed by atoms with van der Waals surface area (Å²) in [6.07, 6.45) is 2.93. The molecule has 1 aromatic carbocycles. The maximum absolute atomic E-state index is 4.41. The van der Waals surface area contributed by atoms with Crippen LogP contribution in [-0.4, -0.2) is 45.8 Å². The molecule has 6 heteroatoms. The van der Waals surface area contributed by atoms with Crippen molar-refractivity contribution >= 4 is 5.96 Å². The van der Waals surface area contributed by atoms with Crippen molar-refractivity contribution in [2.45, 2.75) is 26.8 Å². The molecule has 1 fully saturated rings. The fraction of sp³-hybridized carbons (Fsp3) is 0.471. The number of hydrogen-bond acceptors (Lipinski definition) is 3. The first-order chi connectivity index (χ1) is 11.1. The van der Waals surface area contributed by atoms with Gasteiger partial charge in [-0.3, -0.25) is 9.56 Å². The Hall–Kier alpha value is -2.37. The maximum Gasteiger partial charge on any atom is 0.194 e. The highest BCUT2D eigenvalue weighted by Crippen LogP contribution is 2.28. The van der Waals surface area contributed by atoms with Gasteiger partial charge in [-0.25, -0.2) is 0 Å². The van der Waals surface area contributed by atoms with Crippen LogP contribution in [0.25, 0.3) is 5.69 Å². The first-order valence-electron chi connectivity index (χ1n) is 7.99. The molecule has 0 aliphatic carbocycles. The standard InChI is InChI=1S/C17H24N6/c1-17(2)9-10-22(12-17)16(18-3)19-11-15-21-20-13-23(15)14-7-5-4-6-8-14/h4-8,13H,9-12H2,1-3H3,(H,18,19). The van der Waals surface area contributed by atoms with Crippen LogP contribution in [0.4, 0.5) is 0 Å². The summed E-state index contributed by atoms with van der Waals surface area (Å²) in [5, 5.41) is 11.7. The molecule has 0 saturated carbocycles. The molecule has 0 spiro atoms. The lowest BCUT2D eigenvalue weighted by molar-refractivity contribution is 0.370. The highest BCUT2D eigenvalue weighted by atomic mass is 15.3. The summed E-state index contributed by atoms with van der Waals surface area (Å²) < 4.78 is 1.99. The molecule has 23 heavy (non-hydrogen) atoms. The molecule has 2 heterocycles. The smallest absolute Gasteiger partial charge is 0.194 e. The Bertz CT molecular complexity index is 673. The third kappa shape index (κ3) is 3.52. The molecule has 0 amide bonds. The summed E-state index contributed by atoms with van der Waals surface area (Å²) in [5.74, 6) is 1.80. The number of aliphatic imine (C=N–C) groups is 1. The van der Waals surface area contributed by atoms with E-state index in [0.29, 0.717) is 12.0 Å². The van der Waals surface area contributed by atoms with Gasteiger partial charge < -0.3 is 10.2 Å². The Kier molecular flexibility index (Phi) is 4.32. The third-order valence-electron chi connectivity index (χ3n) is 4.25. The molecule has 1 aliphatic rings. The van der Waals surface area contributed by atoms with Gasteiger partial charge in [0.25, 0.3) is 0 Å². The Morgan fingerprint density at radius 2 is 2.09 bits per heavy atom. The van der Waals surface area contributed by atoms with Gasteiger partial charge in [0, 0.05) is 25.8 Å². The van der Waals surface area contributed by atoms with E-state index in [1.807, 2.05) is 41.9 Å². The zero-order valence-corrected chi connectivity index (χ0v) is 14.0. The van der Waals surface area contributed by atoms with Crippen LogP contribution in [0.3, 0.4) is 0 Å². The number of benzene rings is 1. The minimum atomic E-state index is 0.349. The Balaban J connectivity index is 1.68. The largest absolute Gasteiger partial charge is 0.349 e. The lowest BCUT2D eigenvalue weighted by Crippen LogP contribution is -2.40. The lowest BCUT2D eigenvalue weighted by Gasteiger charge is -2.23. The predicted molar refractivity (Wildman–Crippen MR) is 91.5 cm³/mol. The van der Waals surface area contributed by atoms with Gasteiger partial charge >= 0.3 is 0 Å². The van der Waals surface area contributed by atoms with Gasteiger partial charge in [-0.15, -0.1) is 10.2 Å². The molecule has 1 saturated heterocycles. The third-order valence-corrected chi connectivity index (χ3v) is 4.25. The normalized spacial score (nSPS) is 17.5. The number of rotatable bonds is 3.